The van der Waals surface area contributed by atoms with Gasteiger partial charge in [0.05, 0.1) is 31.1 Å². The van der Waals surface area contributed by atoms with Crippen molar-refractivity contribution in [2.75, 3.05) is 25.5 Å². The number of nitrogens with one attached hydrogen (secondary N) is 2. The normalized spacial score (nSPS) is 20.2. The molecule has 0 saturated carbocycles. The maximum Gasteiger partial charge on any atom is 0.287 e. The number of rotatable bonds is 6. The highest BCUT2D eigenvalue weighted by molar-refractivity contribution is 6.32. The van der Waals surface area contributed by atoms with Gasteiger partial charge in [0.1, 0.15) is 5.75 Å². The molecule has 0 aliphatic carbocycles. The lowest BCUT2D eigenvalue weighted by molar-refractivity contribution is -0.928. The van der Waals surface area contributed by atoms with Gasteiger partial charge in [-0.15, -0.1) is 0 Å². The summed E-state index contributed by atoms with van der Waals surface area (Å²) < 4.78 is 5.16. The second-order valence-electron chi connectivity index (χ2n) is 7.04. The quantitative estimate of drug-likeness (QED) is 0.688. The number of ether oxygens (including phenoxy) is 1. The van der Waals surface area contributed by atoms with Crippen molar-refractivity contribution < 1.29 is 19.2 Å². The number of amides is 2. The van der Waals surface area contributed by atoms with Gasteiger partial charge in [-0.05, 0) is 31.0 Å². The fourth-order valence-electron chi connectivity index (χ4n) is 3.78. The number of carbonyl (C=O) groups excluding carboxylic acids is 2. The van der Waals surface area contributed by atoms with Crippen LogP contribution >= 0.6 is 11.6 Å². The number of benzene rings is 2. The molecule has 0 spiro atoms. The van der Waals surface area contributed by atoms with Crippen LogP contribution in [0.1, 0.15) is 24.4 Å². The van der Waals surface area contributed by atoms with Crippen LogP contribution in [-0.4, -0.2) is 32.0 Å². The molecule has 2 amide bonds. The lowest BCUT2D eigenvalue weighted by Gasteiger charge is -2.33. The van der Waals surface area contributed by atoms with Crippen LogP contribution in [0.2, 0.25) is 5.02 Å². The van der Waals surface area contributed by atoms with Crippen molar-refractivity contribution in [3.05, 3.63) is 59.1 Å². The van der Waals surface area contributed by atoms with Gasteiger partial charge < -0.3 is 20.7 Å². The van der Waals surface area contributed by atoms with Gasteiger partial charge in [-0.25, -0.2) is 0 Å². The van der Waals surface area contributed by atoms with Crippen molar-refractivity contribution in [2.45, 2.75) is 18.9 Å². The number of hydrogen-bond donors (Lipinski definition) is 3. The van der Waals surface area contributed by atoms with Crippen molar-refractivity contribution in [1.29, 1.82) is 0 Å². The predicted molar refractivity (Wildman–Crippen MR) is 108 cm³/mol. The Bertz CT molecular complexity index is 844. The van der Waals surface area contributed by atoms with Crippen LogP contribution in [0.3, 0.4) is 0 Å². The van der Waals surface area contributed by atoms with E-state index < -0.39 is 6.04 Å². The molecule has 1 aliphatic rings. The van der Waals surface area contributed by atoms with E-state index >= 15 is 0 Å². The summed E-state index contributed by atoms with van der Waals surface area (Å²) in [4.78, 5) is 26.0. The minimum Gasteiger partial charge on any atom is -0.495 e. The number of quaternary nitrogens is 1. The molecular formula is C21H25ClN3O3+. The van der Waals surface area contributed by atoms with Gasteiger partial charge in [-0.2, -0.15) is 0 Å². The van der Waals surface area contributed by atoms with Crippen LogP contribution in [-0.2, 0) is 9.59 Å². The molecular weight excluding hydrogens is 378 g/mol. The minimum absolute atomic E-state index is 0.146. The molecule has 1 aliphatic heterocycles. The first-order chi connectivity index (χ1) is 13.5. The molecule has 28 heavy (non-hydrogen) atoms. The summed E-state index contributed by atoms with van der Waals surface area (Å²) in [5, 5.41) is 3.38. The highest BCUT2D eigenvalue weighted by Gasteiger charge is 2.37. The number of hydrogen-bond acceptors (Lipinski definition) is 3. The summed E-state index contributed by atoms with van der Waals surface area (Å²) in [7, 11) is 1.54. The topological polar surface area (TPSA) is 85.9 Å². The molecule has 2 aromatic rings. The minimum atomic E-state index is -0.441. The van der Waals surface area contributed by atoms with E-state index in [9.17, 15) is 9.59 Å². The first kappa shape index (κ1) is 20.2. The van der Waals surface area contributed by atoms with Gasteiger partial charge in [0, 0.05) is 11.3 Å². The Balaban J connectivity index is 1.85. The molecule has 1 unspecified atom stereocenters. The maximum atomic E-state index is 13.2. The smallest absolute Gasteiger partial charge is 0.287 e. The Morgan fingerprint density at radius 2 is 2.00 bits per heavy atom. The highest BCUT2D eigenvalue weighted by Crippen LogP contribution is 2.27. The molecule has 148 valence electrons. The third kappa shape index (κ3) is 4.64. The molecule has 0 radical (unpaired) electrons. The lowest BCUT2D eigenvalue weighted by Crippen LogP contribution is -3.15. The standard InChI is InChI=1S/C21H24ClN3O3/c1-28-18-10-9-16(12-17(18)22)24-21(27)19(14-6-3-2-4-7-14)25-11-5-8-15(13-25)20(23)26/h2-4,6-7,9-10,12,15,19H,5,8,11,13H2,1H3,(H2,23,26)(H,24,27)/p+1/t15-,19+/m0/s1. The van der Waals surface area contributed by atoms with Gasteiger partial charge in [0.25, 0.3) is 5.91 Å². The number of halogens is 1. The Morgan fingerprint density at radius 1 is 1.25 bits per heavy atom. The number of piperidine rings is 1. The third-order valence-electron chi connectivity index (χ3n) is 5.18. The van der Waals surface area contributed by atoms with E-state index in [0.717, 1.165) is 29.8 Å². The van der Waals surface area contributed by atoms with E-state index in [1.807, 2.05) is 30.3 Å². The molecule has 0 aromatic heterocycles. The largest absolute Gasteiger partial charge is 0.495 e. The lowest BCUT2D eigenvalue weighted by atomic mass is 9.94. The first-order valence-corrected chi connectivity index (χ1v) is 9.70. The summed E-state index contributed by atoms with van der Waals surface area (Å²) in [6, 6.07) is 14.3. The summed E-state index contributed by atoms with van der Waals surface area (Å²) in [6.45, 7) is 1.35. The van der Waals surface area contributed by atoms with Crippen molar-refractivity contribution in [3.63, 3.8) is 0 Å². The fourth-order valence-corrected chi connectivity index (χ4v) is 4.04. The van der Waals surface area contributed by atoms with Gasteiger partial charge in [-0.3, -0.25) is 9.59 Å². The van der Waals surface area contributed by atoms with Gasteiger partial charge in [0.15, 0.2) is 6.04 Å². The van der Waals surface area contributed by atoms with E-state index in [1.165, 1.54) is 0 Å². The summed E-state index contributed by atoms with van der Waals surface area (Å²) in [5.41, 5.74) is 7.03. The van der Waals surface area contributed by atoms with Gasteiger partial charge in [-0.1, -0.05) is 41.9 Å². The summed E-state index contributed by atoms with van der Waals surface area (Å²) >= 11 is 6.18. The third-order valence-corrected chi connectivity index (χ3v) is 5.48. The van der Waals surface area contributed by atoms with Crippen LogP contribution in [0, 0.1) is 5.92 Å². The first-order valence-electron chi connectivity index (χ1n) is 9.33. The zero-order chi connectivity index (χ0) is 20.1. The monoisotopic (exact) mass is 402 g/mol. The Morgan fingerprint density at radius 3 is 2.64 bits per heavy atom. The average molecular weight is 403 g/mol. The molecule has 3 rings (SSSR count). The Labute approximate surface area is 169 Å². The van der Waals surface area contributed by atoms with Crippen LogP contribution in [0.5, 0.6) is 5.75 Å². The molecule has 6 nitrogen and oxygen atoms in total. The van der Waals surface area contributed by atoms with Crippen LogP contribution < -0.4 is 20.7 Å². The zero-order valence-electron chi connectivity index (χ0n) is 15.8. The van der Waals surface area contributed by atoms with Crippen LogP contribution in [0.4, 0.5) is 5.69 Å². The Kier molecular flexibility index (Phi) is 6.54. The molecule has 3 atom stereocenters. The number of nitrogens with two attached hydrogens (primary N) is 1. The van der Waals surface area contributed by atoms with Gasteiger partial charge in [0.2, 0.25) is 5.91 Å². The fraction of sp³-hybridized carbons (Fsp3) is 0.333. The molecule has 2 aromatic carbocycles. The number of methoxy groups -OCH3 is 1. The van der Waals surface area contributed by atoms with Crippen molar-refractivity contribution in [3.8, 4) is 5.75 Å². The highest BCUT2D eigenvalue weighted by atomic mass is 35.5. The van der Waals surface area contributed by atoms with Crippen molar-refractivity contribution in [2.24, 2.45) is 11.7 Å². The molecule has 7 heteroatoms. The molecule has 1 fully saturated rings. The van der Waals surface area contributed by atoms with E-state index in [1.54, 1.807) is 25.3 Å². The van der Waals surface area contributed by atoms with E-state index in [-0.39, 0.29) is 17.7 Å². The number of likely N-dealkylation sites (tertiary alicyclic amines) is 1. The second-order valence-corrected chi connectivity index (χ2v) is 7.44. The summed E-state index contributed by atoms with van der Waals surface area (Å²) in [6.07, 6.45) is 1.63. The SMILES string of the molecule is COc1ccc(NC(=O)[C@@H](c2ccccc2)[NH+]2CCC[C@H](C(N)=O)C2)cc1Cl. The van der Waals surface area contributed by atoms with E-state index in [0.29, 0.717) is 23.0 Å². The molecule has 0 bridgehead atoms. The number of carbonyl (C=O) groups is 2. The number of primary amides is 1. The molecule has 4 N–H and O–H groups in total. The second kappa shape index (κ2) is 9.08. The van der Waals surface area contributed by atoms with E-state index in [2.05, 4.69) is 5.32 Å². The summed E-state index contributed by atoms with van der Waals surface area (Å²) in [5.74, 6) is -0.109. The molecule has 1 saturated heterocycles. The van der Waals surface area contributed by atoms with E-state index in [4.69, 9.17) is 22.1 Å². The zero-order valence-corrected chi connectivity index (χ0v) is 16.5. The van der Waals surface area contributed by atoms with Crippen molar-refractivity contribution >= 4 is 29.1 Å². The average Bonchev–Trinajstić information content (AvgIpc) is 2.69. The van der Waals surface area contributed by atoms with Crippen LogP contribution in [0.15, 0.2) is 48.5 Å². The number of anilines is 1. The van der Waals surface area contributed by atoms with Crippen LogP contribution in [0.25, 0.3) is 0 Å². The predicted octanol–water partition coefficient (Wildman–Crippen LogP) is 1.81. The van der Waals surface area contributed by atoms with Crippen molar-refractivity contribution in [1.82, 2.24) is 0 Å². The van der Waals surface area contributed by atoms with Gasteiger partial charge >= 0.3 is 0 Å². The molecule has 1 heterocycles. The maximum absolute atomic E-state index is 13.2. The Hall–Kier alpha value is -2.57.